The predicted octanol–water partition coefficient (Wildman–Crippen LogP) is 2.78. The Morgan fingerprint density at radius 2 is 1.51 bits per heavy atom. The number of halogens is 2. The molecule has 0 heterocycles. The first-order valence-electron chi connectivity index (χ1n) is 9.38. The molecule has 10 nitrogen and oxygen atoms in total. The maximum atomic E-state index is 13.0. The highest BCUT2D eigenvalue weighted by atomic mass is 127. The Kier molecular flexibility index (Phi) is 8.09. The molecule has 0 unspecified atom stereocenters. The zero-order valence-electron chi connectivity index (χ0n) is 17.3. The molecule has 1 amide bonds. The van der Waals surface area contributed by atoms with Gasteiger partial charge in [0.15, 0.2) is 6.61 Å². The van der Waals surface area contributed by atoms with Crippen LogP contribution in [0.5, 0.6) is 11.5 Å². The van der Waals surface area contributed by atoms with E-state index in [1.165, 1.54) is 24.3 Å². The van der Waals surface area contributed by atoms with Crippen LogP contribution in [0.1, 0.15) is 10.4 Å². The van der Waals surface area contributed by atoms with Crippen molar-refractivity contribution in [3.8, 4) is 11.5 Å². The molecule has 0 aliphatic rings. The van der Waals surface area contributed by atoms with Gasteiger partial charge in [-0.3, -0.25) is 9.35 Å². The minimum Gasteiger partial charge on any atom is -0.482 e. The highest BCUT2D eigenvalue weighted by Crippen LogP contribution is 2.23. The second-order valence-electron chi connectivity index (χ2n) is 6.74. The van der Waals surface area contributed by atoms with E-state index in [0.29, 0.717) is 0 Å². The van der Waals surface area contributed by atoms with Crippen LogP contribution in [0.4, 0.5) is 4.39 Å². The molecule has 0 atom stereocenters. The van der Waals surface area contributed by atoms with Crippen molar-refractivity contribution in [3.63, 3.8) is 0 Å². The lowest BCUT2D eigenvalue weighted by atomic mass is 10.2. The highest BCUT2D eigenvalue weighted by molar-refractivity contribution is 14.1. The quantitative estimate of drug-likeness (QED) is 0.165. The van der Waals surface area contributed by atoms with E-state index in [1.807, 2.05) is 4.72 Å². The number of benzene rings is 3. The van der Waals surface area contributed by atoms with E-state index in [0.717, 1.165) is 42.5 Å². The summed E-state index contributed by atoms with van der Waals surface area (Å²) in [5.41, 5.74) is -0.0529. The topological polar surface area (TPSA) is 153 Å². The molecule has 0 radical (unpaired) electrons. The first-order valence-corrected chi connectivity index (χ1v) is 13.4. The third-order valence-corrected chi connectivity index (χ3v) is 7.75. The monoisotopic (exact) mass is 635 g/mol. The number of amides is 1. The summed E-state index contributed by atoms with van der Waals surface area (Å²) in [6.45, 7) is -0.547. The van der Waals surface area contributed by atoms with E-state index in [1.54, 1.807) is 22.6 Å². The first kappa shape index (κ1) is 26.5. The van der Waals surface area contributed by atoms with Gasteiger partial charge in [0, 0.05) is 9.13 Å². The second kappa shape index (κ2) is 10.7. The molecular formula is C21H15FINO9S2. The lowest BCUT2D eigenvalue weighted by Crippen LogP contribution is -2.30. The number of carbonyl (C=O) groups excluding carboxylic acids is 2. The molecule has 0 saturated carbocycles. The molecule has 0 saturated heterocycles. The van der Waals surface area contributed by atoms with Gasteiger partial charge in [-0.05, 0) is 89.3 Å². The van der Waals surface area contributed by atoms with Crippen LogP contribution in [0.3, 0.4) is 0 Å². The van der Waals surface area contributed by atoms with Crippen molar-refractivity contribution in [1.29, 1.82) is 0 Å². The van der Waals surface area contributed by atoms with Crippen LogP contribution in [-0.4, -0.2) is 39.9 Å². The van der Waals surface area contributed by atoms with Crippen LogP contribution < -0.4 is 14.2 Å². The number of esters is 1. The number of sulfonamides is 1. The minimum atomic E-state index is -4.39. The molecule has 0 aromatic heterocycles. The lowest BCUT2D eigenvalue weighted by Gasteiger charge is -2.10. The number of ether oxygens (including phenoxy) is 2. The summed E-state index contributed by atoms with van der Waals surface area (Å²) in [6.07, 6.45) is 0. The molecular weight excluding hydrogens is 620 g/mol. The van der Waals surface area contributed by atoms with Gasteiger partial charge in [-0.25, -0.2) is 22.3 Å². The maximum Gasteiger partial charge on any atom is 0.349 e. The van der Waals surface area contributed by atoms with Crippen molar-refractivity contribution in [2.24, 2.45) is 0 Å². The van der Waals surface area contributed by atoms with Crippen LogP contribution >= 0.6 is 22.6 Å². The maximum absolute atomic E-state index is 13.0. The summed E-state index contributed by atoms with van der Waals surface area (Å²) < 4.78 is 81.6. The Morgan fingerprint density at radius 1 is 0.914 bits per heavy atom. The molecule has 3 rings (SSSR count). The van der Waals surface area contributed by atoms with Crippen molar-refractivity contribution < 1.29 is 44.8 Å². The fourth-order valence-corrected chi connectivity index (χ4v) is 5.45. The van der Waals surface area contributed by atoms with Crippen molar-refractivity contribution >= 4 is 54.6 Å². The predicted molar refractivity (Wildman–Crippen MR) is 128 cm³/mol. The molecule has 0 aliphatic carbocycles. The van der Waals surface area contributed by atoms with Gasteiger partial charge in [0.05, 0.1) is 4.90 Å². The van der Waals surface area contributed by atoms with E-state index in [-0.39, 0.29) is 30.4 Å². The van der Waals surface area contributed by atoms with Crippen molar-refractivity contribution in [3.05, 3.63) is 81.7 Å². The largest absolute Gasteiger partial charge is 0.482 e. The Labute approximate surface area is 213 Å². The third kappa shape index (κ3) is 7.20. The van der Waals surface area contributed by atoms with Gasteiger partial charge < -0.3 is 9.47 Å². The van der Waals surface area contributed by atoms with E-state index >= 15 is 0 Å². The van der Waals surface area contributed by atoms with E-state index in [4.69, 9.17) is 14.0 Å². The van der Waals surface area contributed by atoms with Crippen LogP contribution in [0.15, 0.2) is 76.5 Å². The fraction of sp³-hybridized carbons (Fsp3) is 0.0476. The van der Waals surface area contributed by atoms with Gasteiger partial charge in [-0.1, -0.05) is 0 Å². The van der Waals surface area contributed by atoms with Crippen molar-refractivity contribution in [2.45, 2.75) is 9.79 Å². The van der Waals surface area contributed by atoms with Gasteiger partial charge in [-0.15, -0.1) is 0 Å². The molecule has 14 heteroatoms. The van der Waals surface area contributed by atoms with Gasteiger partial charge in [0.2, 0.25) is 0 Å². The standard InChI is InChI=1S/C21H15FINO9S2/c22-14-3-1-13(2-4-14)21(26)24-34(27,28)17-8-5-15(6-9-17)33-20(25)12-32-16-7-10-19(18(23)11-16)35(29,30)31/h1-11H,12H2,(H,24,26)(H,29,30,31). The molecule has 0 bridgehead atoms. The summed E-state index contributed by atoms with van der Waals surface area (Å²) in [6, 6.07) is 12.6. The van der Waals surface area contributed by atoms with Crippen LogP contribution in [-0.2, 0) is 24.9 Å². The summed E-state index contributed by atoms with van der Waals surface area (Å²) in [5.74, 6) is -2.21. The summed E-state index contributed by atoms with van der Waals surface area (Å²) in [7, 11) is -8.64. The normalized spacial score (nSPS) is 11.5. The molecule has 35 heavy (non-hydrogen) atoms. The zero-order valence-corrected chi connectivity index (χ0v) is 21.1. The van der Waals surface area contributed by atoms with E-state index in [9.17, 15) is 30.8 Å². The number of hydrogen-bond acceptors (Lipinski definition) is 8. The van der Waals surface area contributed by atoms with Crippen molar-refractivity contribution in [1.82, 2.24) is 4.72 Å². The lowest BCUT2D eigenvalue weighted by molar-refractivity contribution is -0.136. The molecule has 0 aliphatic heterocycles. The zero-order chi connectivity index (χ0) is 25.8. The average molecular weight is 635 g/mol. The number of rotatable bonds is 8. The van der Waals surface area contributed by atoms with Crippen LogP contribution in [0.25, 0.3) is 0 Å². The van der Waals surface area contributed by atoms with Crippen LogP contribution in [0, 0.1) is 9.39 Å². The number of nitrogens with one attached hydrogen (secondary N) is 1. The Morgan fingerprint density at radius 3 is 2.09 bits per heavy atom. The molecule has 0 spiro atoms. The fourth-order valence-electron chi connectivity index (χ4n) is 2.61. The Balaban J connectivity index is 1.58. The van der Waals surface area contributed by atoms with Gasteiger partial charge in [0.1, 0.15) is 22.2 Å². The second-order valence-corrected chi connectivity index (χ2v) is 11.0. The molecule has 2 N–H and O–H groups in total. The number of hydrogen-bond donors (Lipinski definition) is 2. The summed E-state index contributed by atoms with van der Waals surface area (Å²) in [4.78, 5) is 23.5. The van der Waals surface area contributed by atoms with Gasteiger partial charge in [-0.2, -0.15) is 8.42 Å². The average Bonchev–Trinajstić information content (AvgIpc) is 2.77. The summed E-state index contributed by atoms with van der Waals surface area (Å²) in [5, 5.41) is 0. The van der Waals surface area contributed by atoms with E-state index in [2.05, 4.69) is 0 Å². The summed E-state index contributed by atoms with van der Waals surface area (Å²) >= 11 is 1.68. The molecule has 184 valence electrons. The first-order chi connectivity index (χ1) is 16.3. The molecule has 3 aromatic carbocycles. The van der Waals surface area contributed by atoms with Gasteiger partial charge in [0.25, 0.3) is 26.0 Å². The molecule has 0 fully saturated rings. The van der Waals surface area contributed by atoms with Crippen molar-refractivity contribution in [2.75, 3.05) is 6.61 Å². The third-order valence-electron chi connectivity index (χ3n) is 4.24. The molecule has 3 aromatic rings. The Hall–Kier alpha value is -3.08. The smallest absolute Gasteiger partial charge is 0.349 e. The highest BCUT2D eigenvalue weighted by Gasteiger charge is 2.19. The van der Waals surface area contributed by atoms with E-state index < -0.39 is 44.4 Å². The van der Waals surface area contributed by atoms with Gasteiger partial charge >= 0.3 is 5.97 Å². The Bertz CT molecular complexity index is 1470. The SMILES string of the molecule is O=C(COc1ccc(S(=O)(=O)O)c(I)c1)Oc1ccc(S(=O)(=O)NC(=O)c2ccc(F)cc2)cc1. The minimum absolute atomic E-state index is 0.00119. The number of carbonyl (C=O) groups is 2. The van der Waals surface area contributed by atoms with Crippen LogP contribution in [0.2, 0.25) is 0 Å².